The Morgan fingerprint density at radius 2 is 2.13 bits per heavy atom. The van der Waals surface area contributed by atoms with Crippen LogP contribution in [0.4, 0.5) is 0 Å². The molecule has 0 aromatic heterocycles. The molecule has 0 heterocycles. The maximum Gasteiger partial charge on any atom is 0.0994 e. The SMILES string of the molecule is CCc1ccc(C#N)c(C2CC(C)C2)c1. The molecule has 0 atom stereocenters. The van der Waals surface area contributed by atoms with E-state index >= 15 is 0 Å². The molecule has 1 aromatic rings. The summed E-state index contributed by atoms with van der Waals surface area (Å²) >= 11 is 0. The Hall–Kier alpha value is -1.29. The number of aryl methyl sites for hydroxylation is 1. The molecule has 1 aliphatic rings. The van der Waals surface area contributed by atoms with Crippen molar-refractivity contribution in [3.63, 3.8) is 0 Å². The Bertz CT molecular complexity index is 394. The fraction of sp³-hybridized carbons (Fsp3) is 0.500. The number of nitrogens with zero attached hydrogens (tertiary/aromatic N) is 1. The second kappa shape index (κ2) is 4.06. The number of hydrogen-bond donors (Lipinski definition) is 0. The lowest BCUT2D eigenvalue weighted by atomic mass is 9.71. The summed E-state index contributed by atoms with van der Waals surface area (Å²) in [6.45, 7) is 4.45. The topological polar surface area (TPSA) is 23.8 Å². The lowest BCUT2D eigenvalue weighted by Crippen LogP contribution is -2.20. The Morgan fingerprint density at radius 3 is 2.67 bits per heavy atom. The molecule has 15 heavy (non-hydrogen) atoms. The average Bonchev–Trinajstić information content (AvgIpc) is 2.24. The zero-order valence-corrected chi connectivity index (χ0v) is 9.46. The van der Waals surface area contributed by atoms with Gasteiger partial charge in [0.15, 0.2) is 0 Å². The normalized spacial score (nSPS) is 24.3. The van der Waals surface area contributed by atoms with Gasteiger partial charge in [-0.2, -0.15) is 5.26 Å². The highest BCUT2D eigenvalue weighted by Gasteiger charge is 2.28. The molecule has 1 aromatic carbocycles. The molecule has 0 amide bonds. The molecular formula is C14H17N. The van der Waals surface area contributed by atoms with Gasteiger partial charge in [-0.3, -0.25) is 0 Å². The highest BCUT2D eigenvalue weighted by Crippen LogP contribution is 2.42. The van der Waals surface area contributed by atoms with E-state index in [1.165, 1.54) is 24.0 Å². The van der Waals surface area contributed by atoms with Crippen LogP contribution in [0.2, 0.25) is 0 Å². The van der Waals surface area contributed by atoms with Crippen LogP contribution < -0.4 is 0 Å². The third kappa shape index (κ3) is 1.90. The Morgan fingerprint density at radius 1 is 1.40 bits per heavy atom. The summed E-state index contributed by atoms with van der Waals surface area (Å²) in [5.74, 6) is 1.48. The largest absolute Gasteiger partial charge is 0.192 e. The van der Waals surface area contributed by atoms with Crippen LogP contribution >= 0.6 is 0 Å². The zero-order valence-electron chi connectivity index (χ0n) is 9.46. The van der Waals surface area contributed by atoms with Crippen molar-refractivity contribution in [1.82, 2.24) is 0 Å². The van der Waals surface area contributed by atoms with Crippen LogP contribution in [-0.4, -0.2) is 0 Å². The Balaban J connectivity index is 2.31. The van der Waals surface area contributed by atoms with Crippen molar-refractivity contribution in [2.24, 2.45) is 5.92 Å². The Labute approximate surface area is 91.7 Å². The Kier molecular flexibility index (Phi) is 2.77. The molecule has 1 nitrogen and oxygen atoms in total. The van der Waals surface area contributed by atoms with Gasteiger partial charge in [0.1, 0.15) is 0 Å². The van der Waals surface area contributed by atoms with E-state index in [4.69, 9.17) is 5.26 Å². The van der Waals surface area contributed by atoms with Crippen molar-refractivity contribution < 1.29 is 0 Å². The maximum atomic E-state index is 9.07. The maximum absolute atomic E-state index is 9.07. The molecule has 0 aliphatic heterocycles. The predicted molar refractivity (Wildman–Crippen MR) is 61.7 cm³/mol. The molecule has 1 heteroatoms. The summed E-state index contributed by atoms with van der Waals surface area (Å²) in [6.07, 6.45) is 3.56. The zero-order chi connectivity index (χ0) is 10.8. The van der Waals surface area contributed by atoms with Gasteiger partial charge in [-0.1, -0.05) is 26.0 Å². The minimum Gasteiger partial charge on any atom is -0.192 e. The van der Waals surface area contributed by atoms with Crippen LogP contribution in [0.1, 0.15) is 49.3 Å². The van der Waals surface area contributed by atoms with Crippen molar-refractivity contribution in [3.8, 4) is 6.07 Å². The average molecular weight is 199 g/mol. The molecule has 1 fully saturated rings. The summed E-state index contributed by atoms with van der Waals surface area (Å²) in [6, 6.07) is 8.60. The first kappa shape index (κ1) is 10.2. The first-order chi connectivity index (χ1) is 7.24. The lowest BCUT2D eigenvalue weighted by Gasteiger charge is -2.33. The van der Waals surface area contributed by atoms with E-state index in [0.29, 0.717) is 5.92 Å². The van der Waals surface area contributed by atoms with E-state index in [0.717, 1.165) is 17.9 Å². The third-order valence-electron chi connectivity index (χ3n) is 3.46. The molecular weight excluding hydrogens is 182 g/mol. The van der Waals surface area contributed by atoms with E-state index in [2.05, 4.69) is 32.0 Å². The molecule has 0 bridgehead atoms. The predicted octanol–water partition coefficient (Wildman–Crippen LogP) is 3.63. The standard InChI is InChI=1S/C14H17N/c1-3-11-4-5-12(9-15)14(8-11)13-6-10(2)7-13/h4-5,8,10,13H,3,6-7H2,1-2H3. The van der Waals surface area contributed by atoms with Crippen molar-refractivity contribution in [2.45, 2.75) is 39.0 Å². The second-order valence-corrected chi connectivity index (χ2v) is 4.66. The monoisotopic (exact) mass is 199 g/mol. The van der Waals surface area contributed by atoms with Gasteiger partial charge in [0.05, 0.1) is 11.6 Å². The highest BCUT2D eigenvalue weighted by atomic mass is 14.3. The number of rotatable bonds is 2. The van der Waals surface area contributed by atoms with E-state index in [-0.39, 0.29) is 0 Å². The fourth-order valence-corrected chi connectivity index (χ4v) is 2.43. The molecule has 0 unspecified atom stereocenters. The van der Waals surface area contributed by atoms with Gasteiger partial charge in [-0.15, -0.1) is 0 Å². The van der Waals surface area contributed by atoms with Gasteiger partial charge in [0.2, 0.25) is 0 Å². The summed E-state index contributed by atoms with van der Waals surface area (Å²) in [4.78, 5) is 0. The molecule has 0 radical (unpaired) electrons. The van der Waals surface area contributed by atoms with Crippen molar-refractivity contribution in [3.05, 3.63) is 34.9 Å². The smallest absolute Gasteiger partial charge is 0.0994 e. The van der Waals surface area contributed by atoms with Gasteiger partial charge in [-0.25, -0.2) is 0 Å². The molecule has 0 N–H and O–H groups in total. The number of nitriles is 1. The summed E-state index contributed by atoms with van der Waals surface area (Å²) in [7, 11) is 0. The minimum absolute atomic E-state index is 0.640. The van der Waals surface area contributed by atoms with Gasteiger partial charge in [-0.05, 0) is 48.3 Å². The number of hydrogen-bond acceptors (Lipinski definition) is 1. The summed E-state index contributed by atoms with van der Waals surface area (Å²) in [5.41, 5.74) is 3.52. The van der Waals surface area contributed by atoms with E-state index in [1.54, 1.807) is 0 Å². The highest BCUT2D eigenvalue weighted by molar-refractivity contribution is 5.43. The number of benzene rings is 1. The van der Waals surface area contributed by atoms with Crippen LogP contribution in [0.25, 0.3) is 0 Å². The van der Waals surface area contributed by atoms with Crippen molar-refractivity contribution in [2.75, 3.05) is 0 Å². The summed E-state index contributed by atoms with van der Waals surface area (Å²) in [5, 5.41) is 9.07. The molecule has 1 saturated carbocycles. The van der Waals surface area contributed by atoms with E-state index in [9.17, 15) is 0 Å². The quantitative estimate of drug-likeness (QED) is 0.713. The van der Waals surface area contributed by atoms with Gasteiger partial charge >= 0.3 is 0 Å². The van der Waals surface area contributed by atoms with Crippen LogP contribution in [0.15, 0.2) is 18.2 Å². The van der Waals surface area contributed by atoms with Crippen LogP contribution in [0.5, 0.6) is 0 Å². The molecule has 0 spiro atoms. The van der Waals surface area contributed by atoms with Crippen LogP contribution in [-0.2, 0) is 6.42 Å². The lowest BCUT2D eigenvalue weighted by molar-refractivity contribution is 0.288. The van der Waals surface area contributed by atoms with Crippen LogP contribution in [0.3, 0.4) is 0 Å². The van der Waals surface area contributed by atoms with Crippen LogP contribution in [0, 0.1) is 17.2 Å². The van der Waals surface area contributed by atoms with E-state index < -0.39 is 0 Å². The third-order valence-corrected chi connectivity index (χ3v) is 3.46. The van der Waals surface area contributed by atoms with E-state index in [1.807, 2.05) is 6.07 Å². The summed E-state index contributed by atoms with van der Waals surface area (Å²) < 4.78 is 0. The molecule has 2 rings (SSSR count). The molecule has 1 aliphatic carbocycles. The molecule has 78 valence electrons. The first-order valence-electron chi connectivity index (χ1n) is 5.77. The van der Waals surface area contributed by atoms with Crippen molar-refractivity contribution >= 4 is 0 Å². The minimum atomic E-state index is 0.640. The van der Waals surface area contributed by atoms with Gasteiger partial charge in [0.25, 0.3) is 0 Å². The fourth-order valence-electron chi connectivity index (χ4n) is 2.43. The van der Waals surface area contributed by atoms with Gasteiger partial charge in [0, 0.05) is 0 Å². The molecule has 0 saturated heterocycles. The van der Waals surface area contributed by atoms with Crippen molar-refractivity contribution in [1.29, 1.82) is 5.26 Å². The second-order valence-electron chi connectivity index (χ2n) is 4.66. The van der Waals surface area contributed by atoms with Gasteiger partial charge < -0.3 is 0 Å². The first-order valence-corrected chi connectivity index (χ1v) is 5.77.